The Hall–Kier alpha value is -1.55. The van der Waals surface area contributed by atoms with E-state index >= 15 is 0 Å². The van der Waals surface area contributed by atoms with Crippen LogP contribution >= 0.6 is 0 Å². The van der Waals surface area contributed by atoms with E-state index in [1.807, 2.05) is 12.1 Å². The number of hydrogen-bond acceptors (Lipinski definition) is 3. The molecular formula is C21H35NO3. The zero-order valence-corrected chi connectivity index (χ0v) is 15.8. The SMILES string of the molecule is CCCCCCCCCCOc1ccc(CCNCCC(=O)O)cc1. The molecule has 0 aliphatic heterocycles. The molecule has 0 heterocycles. The van der Waals surface area contributed by atoms with Crippen LogP contribution in [0.15, 0.2) is 24.3 Å². The number of unbranched alkanes of at least 4 members (excludes halogenated alkanes) is 7. The Balaban J connectivity index is 2.01. The average molecular weight is 350 g/mol. The van der Waals surface area contributed by atoms with Crippen molar-refractivity contribution < 1.29 is 14.6 Å². The summed E-state index contributed by atoms with van der Waals surface area (Å²) in [6.07, 6.45) is 11.6. The number of ether oxygens (including phenoxy) is 1. The molecular weight excluding hydrogens is 314 g/mol. The summed E-state index contributed by atoms with van der Waals surface area (Å²) in [5, 5.41) is 11.7. The van der Waals surface area contributed by atoms with Gasteiger partial charge in [-0.05, 0) is 37.1 Å². The Morgan fingerprint density at radius 2 is 1.60 bits per heavy atom. The molecule has 0 amide bonds. The topological polar surface area (TPSA) is 58.6 Å². The second kappa shape index (κ2) is 14.8. The summed E-state index contributed by atoms with van der Waals surface area (Å²) in [7, 11) is 0. The lowest BCUT2D eigenvalue weighted by Crippen LogP contribution is -2.20. The van der Waals surface area contributed by atoms with Crippen molar-refractivity contribution in [2.75, 3.05) is 19.7 Å². The number of carboxylic acids is 1. The highest BCUT2D eigenvalue weighted by molar-refractivity contribution is 5.66. The molecule has 0 aliphatic carbocycles. The molecule has 0 spiro atoms. The molecule has 0 saturated heterocycles. The Morgan fingerprint density at radius 3 is 2.24 bits per heavy atom. The standard InChI is InChI=1S/C21H35NO3/c1-2-3-4-5-6-7-8-9-18-25-20-12-10-19(11-13-20)14-16-22-17-15-21(23)24/h10-13,22H,2-9,14-18H2,1H3,(H,23,24). The number of carboxylic acid groups (broad SMARTS) is 1. The number of nitrogens with one attached hydrogen (secondary N) is 1. The van der Waals surface area contributed by atoms with Crippen LogP contribution in [0.2, 0.25) is 0 Å². The summed E-state index contributed by atoms with van der Waals surface area (Å²) >= 11 is 0. The van der Waals surface area contributed by atoms with E-state index in [0.717, 1.165) is 31.7 Å². The van der Waals surface area contributed by atoms with E-state index < -0.39 is 5.97 Å². The Bertz CT molecular complexity index is 445. The van der Waals surface area contributed by atoms with Crippen molar-refractivity contribution in [3.8, 4) is 5.75 Å². The minimum absolute atomic E-state index is 0.172. The van der Waals surface area contributed by atoms with Gasteiger partial charge in [0.1, 0.15) is 5.75 Å². The maximum Gasteiger partial charge on any atom is 0.304 e. The van der Waals surface area contributed by atoms with Crippen molar-refractivity contribution in [2.24, 2.45) is 0 Å². The number of carbonyl (C=O) groups is 1. The van der Waals surface area contributed by atoms with Crippen LogP contribution in [0.25, 0.3) is 0 Å². The molecule has 142 valence electrons. The van der Waals surface area contributed by atoms with Gasteiger partial charge in [0.15, 0.2) is 0 Å². The summed E-state index contributed by atoms with van der Waals surface area (Å²) in [6, 6.07) is 8.22. The molecule has 0 atom stereocenters. The average Bonchev–Trinajstić information content (AvgIpc) is 2.61. The van der Waals surface area contributed by atoms with Crippen LogP contribution in [0.4, 0.5) is 0 Å². The molecule has 0 bridgehead atoms. The van der Waals surface area contributed by atoms with Gasteiger partial charge in [-0.25, -0.2) is 0 Å². The Morgan fingerprint density at radius 1 is 0.960 bits per heavy atom. The molecule has 4 nitrogen and oxygen atoms in total. The molecule has 0 unspecified atom stereocenters. The highest BCUT2D eigenvalue weighted by atomic mass is 16.5. The smallest absolute Gasteiger partial charge is 0.304 e. The summed E-state index contributed by atoms with van der Waals surface area (Å²) < 4.78 is 5.79. The van der Waals surface area contributed by atoms with E-state index in [2.05, 4.69) is 24.4 Å². The lowest BCUT2D eigenvalue weighted by molar-refractivity contribution is -0.136. The fourth-order valence-electron chi connectivity index (χ4n) is 2.73. The monoisotopic (exact) mass is 349 g/mol. The van der Waals surface area contributed by atoms with Crippen molar-refractivity contribution in [1.29, 1.82) is 0 Å². The molecule has 0 aromatic heterocycles. The molecule has 0 radical (unpaired) electrons. The highest BCUT2D eigenvalue weighted by Gasteiger charge is 1.98. The molecule has 0 saturated carbocycles. The third kappa shape index (κ3) is 12.5. The predicted octanol–water partition coefficient (Wildman–Crippen LogP) is 4.81. The summed E-state index contributed by atoms with van der Waals surface area (Å²) in [5.41, 5.74) is 1.24. The van der Waals surface area contributed by atoms with Gasteiger partial charge >= 0.3 is 5.97 Å². The van der Waals surface area contributed by atoms with E-state index in [9.17, 15) is 4.79 Å². The third-order valence-corrected chi connectivity index (χ3v) is 4.30. The van der Waals surface area contributed by atoms with Gasteiger partial charge in [0.05, 0.1) is 13.0 Å². The Kier molecular flexibility index (Phi) is 12.7. The van der Waals surface area contributed by atoms with Gasteiger partial charge in [-0.3, -0.25) is 4.79 Å². The molecule has 1 aromatic carbocycles. The van der Waals surface area contributed by atoms with Crippen molar-refractivity contribution in [1.82, 2.24) is 5.32 Å². The normalized spacial score (nSPS) is 10.8. The van der Waals surface area contributed by atoms with Gasteiger partial charge in [0, 0.05) is 6.54 Å². The third-order valence-electron chi connectivity index (χ3n) is 4.30. The number of hydrogen-bond donors (Lipinski definition) is 2. The largest absolute Gasteiger partial charge is 0.494 e. The molecule has 1 rings (SSSR count). The van der Waals surface area contributed by atoms with Crippen molar-refractivity contribution in [2.45, 2.75) is 71.1 Å². The zero-order valence-electron chi connectivity index (χ0n) is 15.8. The minimum Gasteiger partial charge on any atom is -0.494 e. The fraction of sp³-hybridized carbons (Fsp3) is 0.667. The number of rotatable bonds is 16. The van der Waals surface area contributed by atoms with Crippen molar-refractivity contribution in [3.05, 3.63) is 29.8 Å². The summed E-state index contributed by atoms with van der Waals surface area (Å²) in [5.74, 6) is 0.177. The van der Waals surface area contributed by atoms with E-state index in [1.165, 1.54) is 50.5 Å². The van der Waals surface area contributed by atoms with Gasteiger partial charge in [-0.1, -0.05) is 64.0 Å². The summed E-state index contributed by atoms with van der Waals surface area (Å²) in [4.78, 5) is 10.4. The first-order chi connectivity index (χ1) is 12.2. The predicted molar refractivity (Wildman–Crippen MR) is 103 cm³/mol. The van der Waals surface area contributed by atoms with Crippen LogP contribution in [0, 0.1) is 0 Å². The van der Waals surface area contributed by atoms with Crippen LogP contribution in [-0.4, -0.2) is 30.8 Å². The van der Waals surface area contributed by atoms with E-state index in [4.69, 9.17) is 9.84 Å². The van der Waals surface area contributed by atoms with E-state index in [-0.39, 0.29) is 6.42 Å². The van der Waals surface area contributed by atoms with Crippen LogP contribution < -0.4 is 10.1 Å². The van der Waals surface area contributed by atoms with Gasteiger partial charge in [0.25, 0.3) is 0 Å². The van der Waals surface area contributed by atoms with Gasteiger partial charge in [0.2, 0.25) is 0 Å². The van der Waals surface area contributed by atoms with Crippen LogP contribution in [0.5, 0.6) is 5.75 Å². The Labute approximate surface area is 153 Å². The maximum absolute atomic E-state index is 10.4. The zero-order chi connectivity index (χ0) is 18.2. The maximum atomic E-state index is 10.4. The fourth-order valence-corrected chi connectivity index (χ4v) is 2.73. The summed E-state index contributed by atoms with van der Waals surface area (Å²) in [6.45, 7) is 4.37. The highest BCUT2D eigenvalue weighted by Crippen LogP contribution is 2.14. The lowest BCUT2D eigenvalue weighted by atomic mass is 10.1. The van der Waals surface area contributed by atoms with Gasteiger partial charge < -0.3 is 15.2 Å². The molecule has 0 aliphatic rings. The van der Waals surface area contributed by atoms with E-state index in [0.29, 0.717) is 6.54 Å². The van der Waals surface area contributed by atoms with Gasteiger partial charge in [-0.15, -0.1) is 0 Å². The van der Waals surface area contributed by atoms with Crippen LogP contribution in [0.3, 0.4) is 0 Å². The van der Waals surface area contributed by atoms with Crippen molar-refractivity contribution >= 4 is 5.97 Å². The minimum atomic E-state index is -0.759. The molecule has 2 N–H and O–H groups in total. The van der Waals surface area contributed by atoms with Crippen LogP contribution in [0.1, 0.15) is 70.3 Å². The first-order valence-corrected chi connectivity index (χ1v) is 9.86. The number of aliphatic carboxylic acids is 1. The van der Waals surface area contributed by atoms with Crippen LogP contribution in [-0.2, 0) is 11.2 Å². The first kappa shape index (κ1) is 21.5. The molecule has 0 fully saturated rings. The van der Waals surface area contributed by atoms with Gasteiger partial charge in [-0.2, -0.15) is 0 Å². The quantitative estimate of drug-likeness (QED) is 0.420. The second-order valence-electron chi connectivity index (χ2n) is 6.61. The molecule has 4 heteroatoms. The lowest BCUT2D eigenvalue weighted by Gasteiger charge is -2.08. The van der Waals surface area contributed by atoms with Crippen molar-refractivity contribution in [3.63, 3.8) is 0 Å². The second-order valence-corrected chi connectivity index (χ2v) is 6.61. The first-order valence-electron chi connectivity index (χ1n) is 9.86. The number of benzene rings is 1. The molecule has 1 aromatic rings. The van der Waals surface area contributed by atoms with E-state index in [1.54, 1.807) is 0 Å². The molecule has 25 heavy (non-hydrogen) atoms.